The maximum Gasteiger partial charge on any atom is 0.151 e. The van der Waals surface area contributed by atoms with Crippen LogP contribution in [0.2, 0.25) is 0 Å². The van der Waals surface area contributed by atoms with Crippen molar-refractivity contribution in [1.29, 1.82) is 0 Å². The molecule has 0 saturated carbocycles. The van der Waals surface area contributed by atoms with Crippen LogP contribution in [-0.4, -0.2) is 44.5 Å². The molecule has 3 N–H and O–H groups in total. The Hall–Kier alpha value is -3.12. The van der Waals surface area contributed by atoms with Crippen molar-refractivity contribution in [3.05, 3.63) is 53.7 Å². The molecule has 1 aromatic carbocycles. The molecule has 2 aliphatic rings. The molecule has 1 aliphatic heterocycles. The van der Waals surface area contributed by atoms with Crippen LogP contribution >= 0.6 is 0 Å². The Labute approximate surface area is 208 Å². The number of anilines is 1. The number of H-pyrrole nitrogens is 1. The van der Waals surface area contributed by atoms with E-state index in [-0.39, 0.29) is 16.8 Å². The standard InChI is InChI=1S/C29H37N5O/c1-18-8-7-9-20-15-24(30-27(18)20)19-10-12-25(35)22(14-19)23-11-13-26(32-31-23)34(6)21-16-28(2,3)33-29(4,5)17-21/h7,9-15,18,21,30,33,35H,8,16-17H2,1-6H3. The highest BCUT2D eigenvalue weighted by Crippen LogP contribution is 2.37. The van der Waals surface area contributed by atoms with Crippen LogP contribution in [0.1, 0.15) is 71.1 Å². The number of nitrogens with zero attached hydrogens (tertiary/aromatic N) is 3. The van der Waals surface area contributed by atoms with Gasteiger partial charge in [0.25, 0.3) is 0 Å². The second-order valence-corrected chi connectivity index (χ2v) is 11.7. The second kappa shape index (κ2) is 8.52. The van der Waals surface area contributed by atoms with Gasteiger partial charge in [0.05, 0.1) is 5.69 Å². The number of aromatic amines is 1. The molecular weight excluding hydrogens is 434 g/mol. The Balaban J connectivity index is 1.40. The van der Waals surface area contributed by atoms with Crippen LogP contribution in [0.5, 0.6) is 5.75 Å². The minimum Gasteiger partial charge on any atom is -0.507 e. The van der Waals surface area contributed by atoms with Crippen molar-refractivity contribution in [3.8, 4) is 28.3 Å². The molecule has 1 aliphatic carbocycles. The highest BCUT2D eigenvalue weighted by molar-refractivity contribution is 5.76. The molecule has 3 heterocycles. The molecule has 5 rings (SSSR count). The van der Waals surface area contributed by atoms with Gasteiger partial charge in [-0.15, -0.1) is 10.2 Å². The van der Waals surface area contributed by atoms with Gasteiger partial charge in [-0.1, -0.05) is 19.1 Å². The van der Waals surface area contributed by atoms with Gasteiger partial charge >= 0.3 is 0 Å². The Kier molecular flexibility index (Phi) is 5.75. The largest absolute Gasteiger partial charge is 0.507 e. The number of benzene rings is 1. The summed E-state index contributed by atoms with van der Waals surface area (Å²) in [5.41, 5.74) is 6.06. The highest BCUT2D eigenvalue weighted by atomic mass is 16.3. The van der Waals surface area contributed by atoms with E-state index >= 15 is 0 Å². The molecule has 0 amide bonds. The fraction of sp³-hybridized carbons (Fsp3) is 0.448. The zero-order valence-electron chi connectivity index (χ0n) is 21.7. The maximum absolute atomic E-state index is 10.6. The quantitative estimate of drug-likeness (QED) is 0.428. The third kappa shape index (κ3) is 4.72. The molecule has 1 unspecified atom stereocenters. The van der Waals surface area contributed by atoms with E-state index in [2.05, 4.69) is 85.3 Å². The molecule has 0 radical (unpaired) electrons. The number of phenolic OH excluding ortho intramolecular Hbond substituents is 1. The van der Waals surface area contributed by atoms with Gasteiger partial charge in [-0.25, -0.2) is 0 Å². The highest BCUT2D eigenvalue weighted by Gasteiger charge is 2.39. The van der Waals surface area contributed by atoms with E-state index in [9.17, 15) is 5.11 Å². The number of nitrogens with one attached hydrogen (secondary N) is 2. The molecule has 2 aromatic heterocycles. The average molecular weight is 472 g/mol. The smallest absolute Gasteiger partial charge is 0.151 e. The van der Waals surface area contributed by atoms with E-state index in [0.717, 1.165) is 36.3 Å². The van der Waals surface area contributed by atoms with Gasteiger partial charge in [0.1, 0.15) is 5.75 Å². The summed E-state index contributed by atoms with van der Waals surface area (Å²) in [7, 11) is 2.10. The lowest BCUT2D eigenvalue weighted by Gasteiger charge is -2.49. The molecular formula is C29H37N5O. The lowest BCUT2D eigenvalue weighted by molar-refractivity contribution is 0.160. The van der Waals surface area contributed by atoms with Crippen LogP contribution < -0.4 is 10.2 Å². The summed E-state index contributed by atoms with van der Waals surface area (Å²) in [5.74, 6) is 1.53. The summed E-state index contributed by atoms with van der Waals surface area (Å²) in [6.07, 6.45) is 7.53. The molecule has 6 heteroatoms. The number of fused-ring (bicyclic) bond motifs is 1. The molecule has 1 fully saturated rings. The first kappa shape index (κ1) is 23.6. The van der Waals surface area contributed by atoms with Gasteiger partial charge in [0.15, 0.2) is 5.82 Å². The number of aromatic hydroxyl groups is 1. The monoisotopic (exact) mass is 471 g/mol. The zero-order chi connectivity index (χ0) is 25.0. The van der Waals surface area contributed by atoms with Gasteiger partial charge in [-0.3, -0.25) is 0 Å². The zero-order valence-corrected chi connectivity index (χ0v) is 21.7. The van der Waals surface area contributed by atoms with Crippen LogP contribution in [0.15, 0.2) is 42.5 Å². The number of phenols is 1. The maximum atomic E-state index is 10.6. The van der Waals surface area contributed by atoms with Gasteiger partial charge < -0.3 is 20.3 Å². The van der Waals surface area contributed by atoms with Crippen molar-refractivity contribution in [2.45, 2.75) is 76.9 Å². The fourth-order valence-corrected chi connectivity index (χ4v) is 6.00. The van der Waals surface area contributed by atoms with Crippen LogP contribution in [0.3, 0.4) is 0 Å². The van der Waals surface area contributed by atoms with Crippen molar-refractivity contribution in [2.75, 3.05) is 11.9 Å². The summed E-state index contributed by atoms with van der Waals surface area (Å²) in [5, 5.41) is 23.5. The predicted molar refractivity (Wildman–Crippen MR) is 144 cm³/mol. The van der Waals surface area contributed by atoms with E-state index in [1.165, 1.54) is 11.3 Å². The first-order valence-electron chi connectivity index (χ1n) is 12.6. The fourth-order valence-electron chi connectivity index (χ4n) is 6.00. The predicted octanol–water partition coefficient (Wildman–Crippen LogP) is 6.11. The second-order valence-electron chi connectivity index (χ2n) is 11.7. The minimum absolute atomic E-state index is 0.0604. The third-order valence-corrected chi connectivity index (χ3v) is 7.47. The number of hydrogen-bond donors (Lipinski definition) is 3. The van der Waals surface area contributed by atoms with Gasteiger partial charge in [-0.05, 0) is 94.5 Å². The summed E-state index contributed by atoms with van der Waals surface area (Å²) >= 11 is 0. The molecule has 0 bridgehead atoms. The number of rotatable bonds is 4. The van der Waals surface area contributed by atoms with E-state index in [1.807, 2.05) is 24.3 Å². The third-order valence-electron chi connectivity index (χ3n) is 7.47. The lowest BCUT2D eigenvalue weighted by Crippen LogP contribution is -2.62. The SMILES string of the molecule is CC1CC=Cc2cc(-c3ccc(O)c(-c4ccc(N(C)C5CC(C)(C)NC(C)(C)C5)nn4)c3)[nH]c21. The Morgan fingerprint density at radius 3 is 2.40 bits per heavy atom. The van der Waals surface area contributed by atoms with E-state index in [0.29, 0.717) is 23.2 Å². The minimum atomic E-state index is 0.0604. The number of aromatic nitrogens is 3. The van der Waals surface area contributed by atoms with E-state index in [4.69, 9.17) is 0 Å². The number of piperidine rings is 1. The van der Waals surface area contributed by atoms with Gasteiger partial charge in [-0.2, -0.15) is 0 Å². The van der Waals surface area contributed by atoms with Crippen molar-refractivity contribution in [1.82, 2.24) is 20.5 Å². The van der Waals surface area contributed by atoms with E-state index < -0.39 is 0 Å². The van der Waals surface area contributed by atoms with Crippen molar-refractivity contribution < 1.29 is 5.11 Å². The first-order valence-corrected chi connectivity index (χ1v) is 12.6. The number of allylic oxidation sites excluding steroid dienone is 1. The molecule has 3 aromatic rings. The summed E-state index contributed by atoms with van der Waals surface area (Å²) in [4.78, 5) is 5.84. The van der Waals surface area contributed by atoms with Crippen molar-refractivity contribution in [2.24, 2.45) is 0 Å². The van der Waals surface area contributed by atoms with Gasteiger partial charge in [0, 0.05) is 47.0 Å². The summed E-state index contributed by atoms with van der Waals surface area (Å²) in [6, 6.07) is 12.2. The molecule has 0 spiro atoms. The molecule has 6 nitrogen and oxygen atoms in total. The summed E-state index contributed by atoms with van der Waals surface area (Å²) < 4.78 is 0. The first-order chi connectivity index (χ1) is 16.5. The lowest BCUT2D eigenvalue weighted by atomic mass is 9.79. The van der Waals surface area contributed by atoms with Crippen LogP contribution in [0.25, 0.3) is 28.6 Å². The van der Waals surface area contributed by atoms with Crippen molar-refractivity contribution >= 4 is 11.9 Å². The molecule has 184 valence electrons. The van der Waals surface area contributed by atoms with Crippen LogP contribution in [0, 0.1) is 0 Å². The normalized spacial score (nSPS) is 21.0. The molecule has 35 heavy (non-hydrogen) atoms. The number of hydrogen-bond acceptors (Lipinski definition) is 5. The Morgan fingerprint density at radius 2 is 1.74 bits per heavy atom. The Morgan fingerprint density at radius 1 is 1.00 bits per heavy atom. The molecule has 1 saturated heterocycles. The van der Waals surface area contributed by atoms with Crippen LogP contribution in [-0.2, 0) is 0 Å². The van der Waals surface area contributed by atoms with Gasteiger partial charge in [0.2, 0.25) is 0 Å². The summed E-state index contributed by atoms with van der Waals surface area (Å²) in [6.45, 7) is 11.3. The van der Waals surface area contributed by atoms with Crippen LogP contribution in [0.4, 0.5) is 5.82 Å². The Bertz CT molecular complexity index is 1240. The van der Waals surface area contributed by atoms with Crippen molar-refractivity contribution in [3.63, 3.8) is 0 Å². The van der Waals surface area contributed by atoms with E-state index in [1.54, 1.807) is 6.07 Å². The topological polar surface area (TPSA) is 77.1 Å². The molecule has 1 atom stereocenters. The average Bonchev–Trinajstić information content (AvgIpc) is 3.23.